The van der Waals surface area contributed by atoms with Gasteiger partial charge in [0.25, 0.3) is 5.56 Å². The number of carbonyl (C=O) groups is 7. The Morgan fingerprint density at radius 2 is 1.47 bits per heavy atom. The summed E-state index contributed by atoms with van der Waals surface area (Å²) in [5.41, 5.74) is 3.51. The van der Waals surface area contributed by atoms with Crippen molar-refractivity contribution in [1.82, 2.24) is 30.8 Å². The minimum Gasteiger partial charge on any atom is -0.480 e. The maximum Gasteiger partial charge on any atom is 0.483 e. The Morgan fingerprint density at radius 1 is 0.843 bits per heavy atom. The van der Waals surface area contributed by atoms with Gasteiger partial charge in [0.1, 0.15) is 72.9 Å². The maximum atomic E-state index is 13.2. The molecule has 33 nitrogen and oxygen atoms in total. The quantitative estimate of drug-likeness (QED) is 0.0365. The molecule has 0 saturated carbocycles. The van der Waals surface area contributed by atoms with Crippen molar-refractivity contribution in [3.63, 3.8) is 0 Å². The van der Waals surface area contributed by atoms with E-state index in [1.165, 1.54) is 0 Å². The van der Waals surface area contributed by atoms with Crippen LogP contribution in [0.3, 0.4) is 0 Å². The van der Waals surface area contributed by atoms with Crippen LogP contribution in [-0.4, -0.2) is 189 Å². The molecule has 2 fully saturated rings. The Morgan fingerprint density at radius 3 is 2.04 bits per heavy atom. The van der Waals surface area contributed by atoms with Crippen molar-refractivity contribution in [3.8, 4) is 0 Å². The Labute approximate surface area is 393 Å². The number of aliphatic hydroxyl groups is 4. The molecule has 396 valence electrons. The van der Waals surface area contributed by atoms with E-state index >= 15 is 0 Å². The van der Waals surface area contributed by atoms with Crippen molar-refractivity contribution >= 4 is 57.2 Å². The monoisotopic (exact) mass is 1050 g/mol. The number of phosphoric ester groups is 2. The number of amides is 4. The number of carboxylic acids is 3. The molecule has 1 aromatic heterocycles. The first-order chi connectivity index (χ1) is 32.5. The number of aromatic amines is 1. The van der Waals surface area contributed by atoms with E-state index in [1.807, 2.05) is 4.98 Å². The van der Waals surface area contributed by atoms with Crippen LogP contribution < -0.4 is 38.2 Å². The topological polar surface area (TPSA) is 520 Å². The summed E-state index contributed by atoms with van der Waals surface area (Å²) in [4.78, 5) is 132. The molecule has 4 amide bonds. The Hall–Kier alpha value is -5.09. The smallest absolute Gasteiger partial charge is 0.480 e. The van der Waals surface area contributed by atoms with Crippen molar-refractivity contribution in [2.24, 2.45) is 5.73 Å². The number of hydrogen-bond donors (Lipinski definition) is 15. The molecule has 3 heterocycles. The van der Waals surface area contributed by atoms with E-state index in [0.29, 0.717) is 4.57 Å². The van der Waals surface area contributed by atoms with Gasteiger partial charge in [-0.25, -0.2) is 23.5 Å². The molecule has 0 spiro atoms. The highest BCUT2D eigenvalue weighted by Gasteiger charge is 2.52. The van der Waals surface area contributed by atoms with Gasteiger partial charge in [-0.1, -0.05) is 0 Å². The zero-order valence-electron chi connectivity index (χ0n) is 37.1. The minimum atomic E-state index is -5.94. The lowest BCUT2D eigenvalue weighted by Crippen LogP contribution is -2.66. The number of phosphoric acid groups is 2. The van der Waals surface area contributed by atoms with Crippen molar-refractivity contribution in [3.05, 3.63) is 33.1 Å². The molecule has 35 heteroatoms. The second kappa shape index (κ2) is 25.9. The van der Waals surface area contributed by atoms with Crippen LogP contribution in [0.1, 0.15) is 59.1 Å². The third kappa shape index (κ3) is 17.3. The van der Waals surface area contributed by atoms with Crippen LogP contribution in [0, 0.1) is 0 Å². The molecule has 3 rings (SSSR count). The van der Waals surface area contributed by atoms with Crippen LogP contribution in [0.2, 0.25) is 0 Å². The lowest BCUT2D eigenvalue weighted by Gasteiger charge is -2.44. The summed E-state index contributed by atoms with van der Waals surface area (Å²) < 4.78 is 56.8. The van der Waals surface area contributed by atoms with Gasteiger partial charge < -0.3 is 86.7 Å². The fraction of sp³-hybridized carbons (Fsp3) is 0.686. The molecule has 2 aliphatic rings. The third-order valence-corrected chi connectivity index (χ3v) is 12.8. The van der Waals surface area contributed by atoms with Gasteiger partial charge in [-0.05, 0) is 39.5 Å². The number of nitrogens with zero attached hydrogens (tertiary/aromatic N) is 1. The second-order valence-corrected chi connectivity index (χ2v) is 18.7. The lowest BCUT2D eigenvalue weighted by molar-refractivity contribution is -0.261. The molecule has 16 atom stereocenters. The lowest BCUT2D eigenvalue weighted by atomic mass is 9.96. The molecule has 0 aliphatic carbocycles. The number of aromatic nitrogens is 2. The fourth-order valence-corrected chi connectivity index (χ4v) is 8.78. The molecular weight excluding hydrogens is 996 g/mol. The standard InChI is InChI=1S/C35H55N7O26P2/c1-13(28(50)40-18(33(56)57)7-8-21(45)39-17(32(54)55)6-4-5-16(36)31(52)53)37-29(51)14(2)64-27-23(38-15(3)44)34(66-19(11-43)25(27)48)67-70(61,62)68-69(59,60)63-12-20-24(47)26(49)30(65-20)42-10-9-22(46)41-35(42)58/h9-10,13-14,16-20,23-27,30,34,43,47-49H,4-8,11-12,36H2,1-3H3,(H,37,51)(H,38,44)(H,39,45)(H,40,50)(H,52,53)(H,54,55)(H,56,57)(H,59,60)(H,61,62)(H,41,46,58)/t13-,14+,16-,17+,18+,19+,20+,23+,24+,25+,26+,27+,30+,34?/m0/s1. The van der Waals surface area contributed by atoms with E-state index in [2.05, 4.69) is 30.1 Å². The van der Waals surface area contributed by atoms with E-state index in [0.717, 1.165) is 33.0 Å². The molecule has 70 heavy (non-hydrogen) atoms. The van der Waals surface area contributed by atoms with Crippen LogP contribution in [0.25, 0.3) is 0 Å². The van der Waals surface area contributed by atoms with Crippen molar-refractivity contribution < 1.29 is 116 Å². The van der Waals surface area contributed by atoms with Gasteiger partial charge in [0, 0.05) is 25.6 Å². The third-order valence-electron chi connectivity index (χ3n) is 10.2. The van der Waals surface area contributed by atoms with E-state index in [-0.39, 0.29) is 19.3 Å². The van der Waals surface area contributed by atoms with E-state index in [9.17, 15) is 92.7 Å². The van der Waals surface area contributed by atoms with Crippen molar-refractivity contribution in [2.45, 2.75) is 138 Å². The Balaban J connectivity index is 1.64. The molecule has 0 bridgehead atoms. The van der Waals surface area contributed by atoms with Crippen LogP contribution in [0.5, 0.6) is 0 Å². The zero-order valence-corrected chi connectivity index (χ0v) is 38.9. The molecule has 0 aromatic carbocycles. The van der Waals surface area contributed by atoms with Gasteiger partial charge in [-0.2, -0.15) is 4.31 Å². The Kier molecular flexibility index (Phi) is 21.9. The molecule has 16 N–H and O–H groups in total. The van der Waals surface area contributed by atoms with Gasteiger partial charge in [0.05, 0.1) is 13.2 Å². The van der Waals surface area contributed by atoms with Crippen molar-refractivity contribution in [2.75, 3.05) is 13.2 Å². The van der Waals surface area contributed by atoms with E-state index in [4.69, 9.17) is 29.6 Å². The molecule has 2 saturated heterocycles. The summed E-state index contributed by atoms with van der Waals surface area (Å²) in [5.74, 6) is -8.57. The number of carboxylic acid groups (broad SMARTS) is 3. The van der Waals surface area contributed by atoms with Gasteiger partial charge in [0.2, 0.25) is 23.6 Å². The SMILES string of the molecule is CC(=O)N[C@H]1C(OP(=O)(O)OP(=O)(O)OC[C@H]2O[C@@H](n3ccc(=O)[nH]c3=O)[C@H](O)[C@@H]2O)O[C@H](CO)[C@@H](O)[C@@H]1O[C@H](C)C(=O)N[C@@H](C)C(=O)N[C@H](CCC(=O)N[C@H](CCC[C@H](N)C(=O)O)C(=O)O)C(=O)O. The number of H-pyrrole nitrogens is 1. The predicted molar refractivity (Wildman–Crippen MR) is 224 cm³/mol. The number of nitrogens with one attached hydrogen (secondary N) is 5. The predicted octanol–water partition coefficient (Wildman–Crippen LogP) is -6.23. The summed E-state index contributed by atoms with van der Waals surface area (Å²) in [5, 5.41) is 78.4. The number of aliphatic carboxylic acids is 3. The average molecular weight is 1050 g/mol. The second-order valence-electron chi connectivity index (χ2n) is 15.7. The van der Waals surface area contributed by atoms with Gasteiger partial charge >= 0.3 is 39.2 Å². The highest BCUT2D eigenvalue weighted by atomic mass is 31.3. The Bertz CT molecular complexity index is 2270. The highest BCUT2D eigenvalue weighted by Crippen LogP contribution is 2.61. The van der Waals surface area contributed by atoms with Crippen LogP contribution in [0.4, 0.5) is 0 Å². The van der Waals surface area contributed by atoms with E-state index in [1.54, 1.807) is 0 Å². The van der Waals surface area contributed by atoms with Gasteiger partial charge in [-0.15, -0.1) is 0 Å². The summed E-state index contributed by atoms with van der Waals surface area (Å²) in [7, 11) is -11.7. The number of carbonyl (C=O) groups excluding carboxylic acids is 4. The van der Waals surface area contributed by atoms with Crippen molar-refractivity contribution in [1.29, 1.82) is 0 Å². The number of rotatable bonds is 27. The minimum absolute atomic E-state index is 0.00343. The molecule has 3 unspecified atom stereocenters. The average Bonchev–Trinajstić information content (AvgIpc) is 3.53. The highest BCUT2D eigenvalue weighted by molar-refractivity contribution is 7.61. The fourth-order valence-electron chi connectivity index (χ4n) is 6.62. The zero-order chi connectivity index (χ0) is 53.0. The van der Waals surface area contributed by atoms with Gasteiger partial charge in [0.15, 0.2) is 12.5 Å². The van der Waals surface area contributed by atoms with E-state index < -0.39 is 180 Å². The first-order valence-corrected chi connectivity index (χ1v) is 23.7. The van der Waals surface area contributed by atoms with Crippen LogP contribution >= 0.6 is 15.6 Å². The van der Waals surface area contributed by atoms with Crippen LogP contribution in [0.15, 0.2) is 21.9 Å². The normalized spacial score (nSPS) is 27.3. The summed E-state index contributed by atoms with van der Waals surface area (Å²) in [6.45, 7) is 0.794. The number of nitrogens with two attached hydrogens (primary N) is 1. The summed E-state index contributed by atoms with van der Waals surface area (Å²) in [6, 6.07) is -7.11. The summed E-state index contributed by atoms with van der Waals surface area (Å²) >= 11 is 0. The molecular formula is C35H55N7O26P2. The first kappa shape index (κ1) is 59.2. The molecule has 1 aromatic rings. The first-order valence-electron chi connectivity index (χ1n) is 20.7. The number of ether oxygens (including phenoxy) is 3. The maximum absolute atomic E-state index is 13.2. The van der Waals surface area contributed by atoms with Crippen LogP contribution in [-0.2, 0) is 70.3 Å². The summed E-state index contributed by atoms with van der Waals surface area (Å²) in [6.07, 6.45) is -17.6. The number of hydrogen-bond acceptors (Lipinski definition) is 22. The molecule has 0 radical (unpaired) electrons. The van der Waals surface area contributed by atoms with Gasteiger partial charge in [-0.3, -0.25) is 47.4 Å². The largest absolute Gasteiger partial charge is 0.483 e. The molecule has 2 aliphatic heterocycles. The number of aliphatic hydroxyl groups excluding tert-OH is 4.